The van der Waals surface area contributed by atoms with Gasteiger partial charge >= 0.3 is 0 Å². The van der Waals surface area contributed by atoms with Crippen LogP contribution in [0.1, 0.15) is 5.56 Å². The summed E-state index contributed by atoms with van der Waals surface area (Å²) in [6.07, 6.45) is 1.87. The van der Waals surface area contributed by atoms with Gasteiger partial charge in [-0.05, 0) is 78.4 Å². The fourth-order valence-corrected chi connectivity index (χ4v) is 3.99. The number of anilines is 5. The highest BCUT2D eigenvalue weighted by Gasteiger charge is 2.13. The summed E-state index contributed by atoms with van der Waals surface area (Å²) in [7, 11) is 0. The van der Waals surface area contributed by atoms with Gasteiger partial charge in [-0.1, -0.05) is 71.7 Å². The first-order valence-electron chi connectivity index (χ1n) is 11.8. The van der Waals surface area contributed by atoms with Gasteiger partial charge in [-0.3, -0.25) is 0 Å². The standard InChI is InChI=1S/C31H26N4O2/c32-37-36-31-22-20-28(21-23-31)34(26-10-4-1-5-11-26)27-18-16-25(17-19-27)24-33-35(29-12-6-2-7-13-29)30-14-8-3-9-15-30/h1-24H,32H2. The zero-order valence-electron chi connectivity index (χ0n) is 20.1. The molecule has 0 saturated carbocycles. The Morgan fingerprint density at radius 2 is 0.946 bits per heavy atom. The second-order valence-electron chi connectivity index (χ2n) is 8.16. The lowest BCUT2D eigenvalue weighted by atomic mass is 10.1. The Morgan fingerprint density at radius 1 is 0.514 bits per heavy atom. The zero-order valence-corrected chi connectivity index (χ0v) is 20.1. The van der Waals surface area contributed by atoms with E-state index in [1.165, 1.54) is 0 Å². The van der Waals surface area contributed by atoms with Crippen LogP contribution >= 0.6 is 0 Å². The summed E-state index contributed by atoms with van der Waals surface area (Å²) < 4.78 is 0. The van der Waals surface area contributed by atoms with Gasteiger partial charge in [0.25, 0.3) is 0 Å². The number of benzene rings is 5. The molecular formula is C31H26N4O2. The summed E-state index contributed by atoms with van der Waals surface area (Å²) in [5.41, 5.74) is 5.98. The highest BCUT2D eigenvalue weighted by molar-refractivity contribution is 5.84. The van der Waals surface area contributed by atoms with Gasteiger partial charge in [0, 0.05) is 17.1 Å². The lowest BCUT2D eigenvalue weighted by Gasteiger charge is -2.25. The Hall–Kier alpha value is -4.91. The van der Waals surface area contributed by atoms with Crippen molar-refractivity contribution in [1.29, 1.82) is 0 Å². The number of hydrazone groups is 1. The fourth-order valence-electron chi connectivity index (χ4n) is 3.99. The Kier molecular flexibility index (Phi) is 7.52. The molecule has 0 bridgehead atoms. The molecular weight excluding hydrogens is 460 g/mol. The molecule has 5 aromatic carbocycles. The van der Waals surface area contributed by atoms with E-state index in [9.17, 15) is 0 Å². The monoisotopic (exact) mass is 486 g/mol. The van der Waals surface area contributed by atoms with Crippen molar-refractivity contribution >= 4 is 34.7 Å². The predicted octanol–water partition coefficient (Wildman–Crippen LogP) is 7.51. The molecule has 182 valence electrons. The largest absolute Gasteiger partial charge is 0.320 e. The maximum atomic E-state index is 5.02. The van der Waals surface area contributed by atoms with Gasteiger partial charge in [-0.2, -0.15) is 11.0 Å². The molecule has 0 aliphatic carbocycles. The van der Waals surface area contributed by atoms with Crippen LogP contribution in [0, 0.1) is 0 Å². The molecule has 0 heterocycles. The van der Waals surface area contributed by atoms with Crippen LogP contribution in [0.15, 0.2) is 145 Å². The van der Waals surface area contributed by atoms with Crippen molar-refractivity contribution in [1.82, 2.24) is 0 Å². The highest BCUT2D eigenvalue weighted by atomic mass is 17.3. The molecule has 37 heavy (non-hydrogen) atoms. The van der Waals surface area contributed by atoms with E-state index in [1.54, 1.807) is 12.1 Å². The highest BCUT2D eigenvalue weighted by Crippen LogP contribution is 2.35. The summed E-state index contributed by atoms with van der Waals surface area (Å²) in [6, 6.07) is 46.2. The van der Waals surface area contributed by atoms with Crippen LogP contribution in [0.4, 0.5) is 28.4 Å². The maximum absolute atomic E-state index is 5.02. The Bertz CT molecular complexity index is 1370. The molecule has 5 rings (SSSR count). The maximum Gasteiger partial charge on any atom is 0.167 e. The molecule has 0 amide bonds. The summed E-state index contributed by atoms with van der Waals surface area (Å²) in [4.78, 5) is 11.4. The van der Waals surface area contributed by atoms with E-state index in [4.69, 9.17) is 15.9 Å². The quantitative estimate of drug-likeness (QED) is 0.133. The van der Waals surface area contributed by atoms with Crippen molar-refractivity contribution in [2.45, 2.75) is 0 Å². The topological polar surface area (TPSA) is 63.3 Å². The lowest BCUT2D eigenvalue weighted by Crippen LogP contribution is -2.10. The number of nitrogens with zero attached hydrogens (tertiary/aromatic N) is 3. The van der Waals surface area contributed by atoms with Crippen LogP contribution < -0.4 is 20.7 Å². The van der Waals surface area contributed by atoms with E-state index in [0.29, 0.717) is 5.75 Å². The van der Waals surface area contributed by atoms with Crippen molar-refractivity contribution < 1.29 is 9.88 Å². The number of rotatable bonds is 9. The Morgan fingerprint density at radius 3 is 1.43 bits per heavy atom. The average Bonchev–Trinajstić information content (AvgIpc) is 2.97. The third-order valence-corrected chi connectivity index (χ3v) is 5.73. The Labute approximate surface area is 216 Å². The van der Waals surface area contributed by atoms with Gasteiger partial charge in [0.2, 0.25) is 0 Å². The Balaban J connectivity index is 1.44. The van der Waals surface area contributed by atoms with Crippen molar-refractivity contribution in [3.05, 3.63) is 145 Å². The van der Waals surface area contributed by atoms with E-state index in [0.717, 1.165) is 34.0 Å². The van der Waals surface area contributed by atoms with Crippen LogP contribution in [0.2, 0.25) is 0 Å². The van der Waals surface area contributed by atoms with Gasteiger partial charge in [0.05, 0.1) is 17.6 Å². The molecule has 5 aromatic rings. The van der Waals surface area contributed by atoms with E-state index < -0.39 is 0 Å². The minimum absolute atomic E-state index is 0.521. The minimum atomic E-state index is 0.521. The third kappa shape index (κ3) is 5.85. The average molecular weight is 487 g/mol. The second kappa shape index (κ2) is 11.7. The van der Waals surface area contributed by atoms with E-state index in [-0.39, 0.29) is 0 Å². The van der Waals surface area contributed by atoms with Crippen molar-refractivity contribution in [2.75, 3.05) is 9.91 Å². The van der Waals surface area contributed by atoms with Crippen LogP contribution in [0.25, 0.3) is 0 Å². The number of para-hydroxylation sites is 3. The van der Waals surface area contributed by atoms with Crippen LogP contribution in [-0.2, 0) is 4.99 Å². The van der Waals surface area contributed by atoms with E-state index in [1.807, 2.05) is 102 Å². The summed E-state index contributed by atoms with van der Waals surface area (Å²) >= 11 is 0. The zero-order chi connectivity index (χ0) is 25.3. The molecule has 0 fully saturated rings. The number of hydrogen-bond acceptors (Lipinski definition) is 6. The molecule has 0 aromatic heterocycles. The molecule has 2 N–H and O–H groups in total. The molecule has 0 atom stereocenters. The van der Waals surface area contributed by atoms with Gasteiger partial charge in [0.15, 0.2) is 5.75 Å². The van der Waals surface area contributed by atoms with Crippen LogP contribution in [0.5, 0.6) is 5.75 Å². The lowest BCUT2D eigenvalue weighted by molar-refractivity contribution is -0.211. The van der Waals surface area contributed by atoms with Gasteiger partial charge in [0.1, 0.15) is 0 Å². The second-order valence-corrected chi connectivity index (χ2v) is 8.16. The first-order chi connectivity index (χ1) is 18.3. The first kappa shape index (κ1) is 23.8. The van der Waals surface area contributed by atoms with Crippen molar-refractivity contribution in [2.24, 2.45) is 11.0 Å². The minimum Gasteiger partial charge on any atom is -0.320 e. The van der Waals surface area contributed by atoms with Gasteiger partial charge in [-0.15, -0.1) is 0 Å². The summed E-state index contributed by atoms with van der Waals surface area (Å²) in [5.74, 6) is 5.54. The van der Waals surface area contributed by atoms with Crippen LogP contribution in [0.3, 0.4) is 0 Å². The molecule has 6 nitrogen and oxygen atoms in total. The third-order valence-electron chi connectivity index (χ3n) is 5.73. The summed E-state index contributed by atoms with van der Waals surface area (Å²) in [5, 5.41) is 6.74. The van der Waals surface area contributed by atoms with E-state index in [2.05, 4.69) is 46.3 Å². The SMILES string of the molecule is NOOc1ccc(N(c2ccccc2)c2ccc(C=NN(c3ccccc3)c3ccccc3)cc2)cc1. The van der Waals surface area contributed by atoms with Gasteiger partial charge in [-0.25, -0.2) is 5.01 Å². The molecule has 0 aliphatic rings. The molecule has 0 unspecified atom stereocenters. The number of nitrogens with two attached hydrogens (primary N) is 1. The van der Waals surface area contributed by atoms with E-state index >= 15 is 0 Å². The molecule has 0 saturated heterocycles. The van der Waals surface area contributed by atoms with Crippen molar-refractivity contribution in [3.8, 4) is 5.75 Å². The molecule has 6 heteroatoms. The molecule has 0 spiro atoms. The first-order valence-corrected chi connectivity index (χ1v) is 11.8. The fraction of sp³-hybridized carbons (Fsp3) is 0. The molecule has 0 radical (unpaired) electrons. The number of hydrogen-bond donors (Lipinski definition) is 1. The van der Waals surface area contributed by atoms with Gasteiger partial charge < -0.3 is 9.79 Å². The predicted molar refractivity (Wildman–Crippen MR) is 150 cm³/mol. The smallest absolute Gasteiger partial charge is 0.167 e. The van der Waals surface area contributed by atoms with Crippen LogP contribution in [-0.4, -0.2) is 6.21 Å². The van der Waals surface area contributed by atoms with Crippen molar-refractivity contribution in [3.63, 3.8) is 0 Å². The molecule has 0 aliphatic heterocycles. The summed E-state index contributed by atoms with van der Waals surface area (Å²) in [6.45, 7) is 0. The normalized spacial score (nSPS) is 10.8.